The molecule has 4 aliphatic carbocycles. The molecule has 6 fully saturated rings. The van der Waals surface area contributed by atoms with Crippen LogP contribution >= 0.6 is 0 Å². The van der Waals surface area contributed by atoms with E-state index < -0.39 is 23.6 Å². The summed E-state index contributed by atoms with van der Waals surface area (Å²) in [6.45, 7) is 6.95. The third-order valence-electron chi connectivity index (χ3n) is 12.6. The molecule has 10 heteroatoms. The first kappa shape index (κ1) is 30.5. The van der Waals surface area contributed by atoms with Gasteiger partial charge in [0.25, 0.3) is 0 Å². The number of amides is 1. The van der Waals surface area contributed by atoms with Gasteiger partial charge in [0.15, 0.2) is 17.9 Å². The van der Waals surface area contributed by atoms with E-state index in [1.165, 1.54) is 0 Å². The molecule has 8 rings (SSSR count). The Morgan fingerprint density at radius 2 is 1.91 bits per heavy atom. The van der Waals surface area contributed by atoms with E-state index in [2.05, 4.69) is 12.2 Å². The zero-order valence-corrected chi connectivity index (χ0v) is 26.9. The van der Waals surface area contributed by atoms with Gasteiger partial charge < -0.3 is 34.1 Å². The van der Waals surface area contributed by atoms with Crippen molar-refractivity contribution >= 4 is 17.7 Å². The quantitative estimate of drug-likeness (QED) is 0.421. The van der Waals surface area contributed by atoms with Gasteiger partial charge in [0, 0.05) is 30.7 Å². The zero-order valence-electron chi connectivity index (χ0n) is 26.9. The van der Waals surface area contributed by atoms with E-state index in [9.17, 15) is 19.5 Å². The Morgan fingerprint density at radius 3 is 2.67 bits per heavy atom. The average Bonchev–Trinajstić information content (AvgIpc) is 3.70. The second kappa shape index (κ2) is 10.6. The van der Waals surface area contributed by atoms with Gasteiger partial charge in [-0.15, -0.1) is 0 Å². The van der Waals surface area contributed by atoms with Crippen LogP contribution in [0.25, 0.3) is 0 Å². The number of ketones is 1. The summed E-state index contributed by atoms with van der Waals surface area (Å²) < 4.78 is 32.3. The second-order valence-corrected chi connectivity index (χ2v) is 15.4. The minimum atomic E-state index is -0.794. The van der Waals surface area contributed by atoms with Crippen molar-refractivity contribution in [2.45, 2.75) is 109 Å². The first-order valence-electron chi connectivity index (χ1n) is 17.1. The number of hydrogen-bond donors (Lipinski definition) is 2. The fourth-order valence-corrected chi connectivity index (χ4v) is 10.9. The molecule has 46 heavy (non-hydrogen) atoms. The van der Waals surface area contributed by atoms with Crippen LogP contribution in [0.4, 0.5) is 0 Å². The van der Waals surface area contributed by atoms with Crippen LogP contribution in [0.15, 0.2) is 35.9 Å². The Hall–Kier alpha value is -2.79. The SMILES string of the molecule is CC1(C)OC[C@]2(O[C@H]3OC4C[C@]35C(CC[C@H]25)C2C[C@H](OC(=O)CCC(=O)NCCc3ccc(O)cc3)C3=CC(=O)CC[C@]3(C)C42)O1. The maximum Gasteiger partial charge on any atom is 0.306 e. The number of aromatic hydroxyl groups is 1. The third-order valence-corrected chi connectivity index (χ3v) is 12.6. The maximum absolute atomic E-state index is 13.3. The van der Waals surface area contributed by atoms with Gasteiger partial charge in [-0.1, -0.05) is 19.1 Å². The molecule has 2 bridgehead atoms. The van der Waals surface area contributed by atoms with E-state index in [0.29, 0.717) is 44.8 Å². The van der Waals surface area contributed by atoms with Gasteiger partial charge in [-0.25, -0.2) is 0 Å². The molecule has 1 aromatic rings. The van der Waals surface area contributed by atoms with Crippen LogP contribution in [0.5, 0.6) is 5.75 Å². The van der Waals surface area contributed by atoms with Crippen molar-refractivity contribution in [3.63, 3.8) is 0 Å². The van der Waals surface area contributed by atoms with Crippen molar-refractivity contribution in [1.82, 2.24) is 5.32 Å². The highest BCUT2D eigenvalue weighted by Crippen LogP contribution is 2.76. The highest BCUT2D eigenvalue weighted by molar-refractivity contribution is 5.92. The van der Waals surface area contributed by atoms with Gasteiger partial charge in [-0.2, -0.15) is 0 Å². The Kier molecular flexibility index (Phi) is 7.04. The lowest BCUT2D eigenvalue weighted by Crippen LogP contribution is -2.58. The van der Waals surface area contributed by atoms with Gasteiger partial charge in [-0.3, -0.25) is 14.4 Å². The Balaban J connectivity index is 0.973. The molecule has 1 amide bonds. The van der Waals surface area contributed by atoms with Crippen LogP contribution < -0.4 is 5.32 Å². The van der Waals surface area contributed by atoms with E-state index in [0.717, 1.165) is 30.4 Å². The van der Waals surface area contributed by atoms with Crippen molar-refractivity contribution in [2.75, 3.05) is 13.2 Å². The van der Waals surface area contributed by atoms with Crippen LogP contribution in [0.2, 0.25) is 0 Å². The third kappa shape index (κ3) is 4.61. The molecule has 2 N–H and O–H groups in total. The van der Waals surface area contributed by atoms with Gasteiger partial charge in [0.05, 0.1) is 12.5 Å². The lowest BCUT2D eigenvalue weighted by atomic mass is 9.46. The molecule has 3 saturated carbocycles. The average molecular weight is 636 g/mol. The molecule has 248 valence electrons. The number of phenols is 1. The molecule has 10 atom stereocenters. The van der Waals surface area contributed by atoms with Crippen molar-refractivity contribution in [2.24, 2.45) is 34.5 Å². The molecule has 0 aromatic heterocycles. The number of carbonyl (C=O) groups excluding carboxylic acids is 3. The van der Waals surface area contributed by atoms with Gasteiger partial charge in [-0.05, 0) is 105 Å². The summed E-state index contributed by atoms with van der Waals surface area (Å²) in [6, 6.07) is 6.87. The predicted octanol–water partition coefficient (Wildman–Crippen LogP) is 4.33. The maximum atomic E-state index is 13.3. The molecule has 3 heterocycles. The number of ether oxygens (including phenoxy) is 5. The topological polar surface area (TPSA) is 130 Å². The van der Waals surface area contributed by atoms with Crippen LogP contribution in [-0.2, 0) is 44.5 Å². The minimum absolute atomic E-state index is 0.00283. The predicted molar refractivity (Wildman–Crippen MR) is 163 cm³/mol. The van der Waals surface area contributed by atoms with Crippen LogP contribution in [0.3, 0.4) is 0 Å². The standard InChI is InChI=1S/C36H45NO9/c1-33(2)42-19-36(46-33)28-9-8-24-23-17-26(43-30(41)11-10-29(40)37-15-13-20-4-6-21(38)7-5-20)25-16-22(39)12-14-34(25,3)31(23)27-18-35(24,28)32(44-27)45-36/h4-7,16,23-24,26-28,31-32,38H,8-15,17-19H2,1-3H3,(H,37,40)/t23?,24?,26-,27?,28-,31?,32+,34-,35+,36-/m0/s1. The Labute approximate surface area is 269 Å². The Morgan fingerprint density at radius 1 is 1.11 bits per heavy atom. The normalized spacial score (nSPS) is 42.7. The molecule has 1 aromatic carbocycles. The Bertz CT molecular complexity index is 1470. The fraction of sp³-hybridized carbons (Fsp3) is 0.694. The molecule has 7 aliphatic rings. The van der Waals surface area contributed by atoms with Crippen molar-refractivity contribution in [3.8, 4) is 5.75 Å². The molecule has 0 radical (unpaired) electrons. The number of esters is 1. The van der Waals surface area contributed by atoms with Crippen LogP contribution in [0.1, 0.15) is 77.7 Å². The van der Waals surface area contributed by atoms with E-state index in [1.54, 1.807) is 18.2 Å². The number of carbonyl (C=O) groups is 3. The molecule has 2 spiro atoms. The highest BCUT2D eigenvalue weighted by atomic mass is 16.9. The smallest absolute Gasteiger partial charge is 0.306 e. The number of hydrogen-bond acceptors (Lipinski definition) is 9. The first-order chi connectivity index (χ1) is 21.9. The number of nitrogens with one attached hydrogen (secondary N) is 1. The molecule has 3 saturated heterocycles. The lowest BCUT2D eigenvalue weighted by molar-refractivity contribution is -0.293. The van der Waals surface area contributed by atoms with E-state index in [-0.39, 0.29) is 71.3 Å². The van der Waals surface area contributed by atoms with Crippen LogP contribution in [-0.4, -0.2) is 66.0 Å². The van der Waals surface area contributed by atoms with Gasteiger partial charge in [0.2, 0.25) is 11.7 Å². The number of benzene rings is 1. The summed E-state index contributed by atoms with van der Waals surface area (Å²) in [5.74, 6) is -0.902. The largest absolute Gasteiger partial charge is 0.508 e. The van der Waals surface area contributed by atoms with Crippen LogP contribution in [0, 0.1) is 34.5 Å². The van der Waals surface area contributed by atoms with E-state index >= 15 is 0 Å². The van der Waals surface area contributed by atoms with Crippen molar-refractivity contribution in [3.05, 3.63) is 41.5 Å². The summed E-state index contributed by atoms with van der Waals surface area (Å²) in [5, 5.41) is 12.3. The van der Waals surface area contributed by atoms with E-state index in [1.807, 2.05) is 26.0 Å². The summed E-state index contributed by atoms with van der Waals surface area (Å²) in [5.41, 5.74) is 1.42. The lowest BCUT2D eigenvalue weighted by Gasteiger charge is -2.58. The number of fused-ring (bicyclic) bond motifs is 7. The minimum Gasteiger partial charge on any atom is -0.508 e. The fourth-order valence-electron chi connectivity index (χ4n) is 10.9. The second-order valence-electron chi connectivity index (χ2n) is 15.4. The van der Waals surface area contributed by atoms with E-state index in [4.69, 9.17) is 23.7 Å². The molecule has 10 nitrogen and oxygen atoms in total. The monoisotopic (exact) mass is 635 g/mol. The van der Waals surface area contributed by atoms with Crippen molar-refractivity contribution < 1.29 is 43.2 Å². The molecular weight excluding hydrogens is 590 g/mol. The summed E-state index contributed by atoms with van der Waals surface area (Å²) in [7, 11) is 0. The van der Waals surface area contributed by atoms with Gasteiger partial charge >= 0.3 is 5.97 Å². The van der Waals surface area contributed by atoms with Crippen molar-refractivity contribution in [1.29, 1.82) is 0 Å². The summed E-state index contributed by atoms with van der Waals surface area (Å²) in [4.78, 5) is 38.6. The summed E-state index contributed by atoms with van der Waals surface area (Å²) in [6.07, 6.45) is 6.27. The zero-order chi connectivity index (χ0) is 32.1. The molecule has 3 aliphatic heterocycles. The number of rotatable bonds is 7. The number of phenolic OH excluding ortho intramolecular Hbond substituents is 1. The summed E-state index contributed by atoms with van der Waals surface area (Å²) >= 11 is 0. The highest BCUT2D eigenvalue weighted by Gasteiger charge is 2.80. The molecular formula is C36H45NO9. The van der Waals surface area contributed by atoms with Gasteiger partial charge in [0.1, 0.15) is 18.5 Å². The first-order valence-corrected chi connectivity index (χ1v) is 17.1. The molecule has 4 unspecified atom stereocenters.